The number of rotatable bonds is 1. The van der Waals surface area contributed by atoms with Crippen LogP contribution in [0.2, 0.25) is 0 Å². The van der Waals surface area contributed by atoms with Crippen molar-refractivity contribution in [2.45, 2.75) is 39.2 Å². The fraction of sp³-hybridized carbons (Fsp3) is 0.429. The van der Waals surface area contributed by atoms with Crippen molar-refractivity contribution in [2.24, 2.45) is 0 Å². The van der Waals surface area contributed by atoms with Crippen LogP contribution in [0.5, 0.6) is 0 Å². The summed E-state index contributed by atoms with van der Waals surface area (Å²) in [5.74, 6) is 0.627. The Balaban J connectivity index is 2.38. The van der Waals surface area contributed by atoms with E-state index < -0.39 is 0 Å². The second-order valence-electron chi connectivity index (χ2n) is 4.85. The lowest BCUT2D eigenvalue weighted by Gasteiger charge is -2.14. The normalized spacial score (nSPS) is 15.1. The molecule has 0 amide bonds. The monoisotopic (exact) mass is 199 g/mol. The largest absolute Gasteiger partial charge is 0.347 e. The van der Waals surface area contributed by atoms with Gasteiger partial charge in [-0.05, 0) is 29.9 Å². The van der Waals surface area contributed by atoms with Crippen LogP contribution in [0.3, 0.4) is 0 Å². The molecule has 2 aromatic rings. The average Bonchev–Trinajstić information content (AvgIpc) is 2.61. The summed E-state index contributed by atoms with van der Waals surface area (Å²) in [6.45, 7) is 5.76. The van der Waals surface area contributed by atoms with Crippen LogP contribution in [0.4, 0.5) is 0 Å². The van der Waals surface area contributed by atoms with Crippen molar-refractivity contribution >= 4 is 10.9 Å². The van der Waals surface area contributed by atoms with E-state index in [4.69, 9.17) is 0 Å². The molecule has 3 rings (SSSR count). The van der Waals surface area contributed by atoms with Crippen molar-refractivity contribution in [1.29, 1.82) is 0 Å². The van der Waals surface area contributed by atoms with Crippen molar-refractivity contribution < 1.29 is 0 Å². The van der Waals surface area contributed by atoms with E-state index in [2.05, 4.69) is 42.8 Å². The fourth-order valence-electron chi connectivity index (χ4n) is 2.74. The predicted octanol–water partition coefficient (Wildman–Crippen LogP) is 3.71. The van der Waals surface area contributed by atoms with Crippen LogP contribution in [0.1, 0.15) is 37.3 Å². The van der Waals surface area contributed by atoms with E-state index in [1.54, 1.807) is 0 Å². The van der Waals surface area contributed by atoms with Crippen LogP contribution in [-0.4, -0.2) is 4.57 Å². The third kappa shape index (κ3) is 1.22. The number of aryl methyl sites for hydroxylation is 2. The number of nitrogens with zero attached hydrogens (tertiary/aromatic N) is 1. The number of hydrogen-bond donors (Lipinski definition) is 0. The first-order valence-corrected chi connectivity index (χ1v) is 5.88. The number of para-hydroxylation sites is 1. The molecule has 15 heavy (non-hydrogen) atoms. The van der Waals surface area contributed by atoms with Crippen molar-refractivity contribution in [1.82, 2.24) is 4.57 Å². The molecule has 1 heteroatoms. The molecule has 2 heterocycles. The highest BCUT2D eigenvalue weighted by molar-refractivity contribution is 5.87. The average molecular weight is 199 g/mol. The third-order valence-corrected chi connectivity index (χ3v) is 3.48. The lowest BCUT2D eigenvalue weighted by atomic mass is 9.99. The van der Waals surface area contributed by atoms with Crippen LogP contribution in [0, 0.1) is 0 Å². The minimum Gasteiger partial charge on any atom is -0.347 e. The highest BCUT2D eigenvalue weighted by Crippen LogP contribution is 2.32. The molecule has 0 fully saturated rings. The second-order valence-corrected chi connectivity index (χ2v) is 4.85. The molecule has 1 aliphatic rings. The summed E-state index contributed by atoms with van der Waals surface area (Å²) in [6, 6.07) is 6.76. The Morgan fingerprint density at radius 1 is 1.27 bits per heavy atom. The Kier molecular flexibility index (Phi) is 1.88. The van der Waals surface area contributed by atoms with Crippen molar-refractivity contribution in [3.63, 3.8) is 0 Å². The smallest absolute Gasteiger partial charge is 0.0515 e. The molecular weight excluding hydrogens is 182 g/mol. The van der Waals surface area contributed by atoms with E-state index in [0.29, 0.717) is 5.92 Å². The molecule has 1 aliphatic heterocycles. The van der Waals surface area contributed by atoms with Gasteiger partial charge in [-0.1, -0.05) is 32.0 Å². The Hall–Kier alpha value is -1.24. The lowest BCUT2D eigenvalue weighted by molar-refractivity contribution is 0.633. The van der Waals surface area contributed by atoms with Crippen molar-refractivity contribution in [3.8, 4) is 0 Å². The Bertz CT molecular complexity index is 505. The Morgan fingerprint density at radius 2 is 2.13 bits per heavy atom. The maximum atomic E-state index is 2.45. The summed E-state index contributed by atoms with van der Waals surface area (Å²) >= 11 is 0. The van der Waals surface area contributed by atoms with Gasteiger partial charge in [-0.3, -0.25) is 0 Å². The molecule has 0 saturated heterocycles. The quantitative estimate of drug-likeness (QED) is 0.659. The molecule has 0 unspecified atom stereocenters. The summed E-state index contributed by atoms with van der Waals surface area (Å²) in [5, 5.41) is 1.47. The number of benzene rings is 1. The van der Waals surface area contributed by atoms with Gasteiger partial charge >= 0.3 is 0 Å². The maximum absolute atomic E-state index is 2.45. The maximum Gasteiger partial charge on any atom is 0.0515 e. The molecule has 78 valence electrons. The Labute approximate surface area is 90.7 Å². The molecule has 0 spiro atoms. The first kappa shape index (κ1) is 9.02. The van der Waals surface area contributed by atoms with Gasteiger partial charge in [-0.25, -0.2) is 0 Å². The molecule has 0 aliphatic carbocycles. The van der Waals surface area contributed by atoms with Gasteiger partial charge < -0.3 is 4.57 Å². The van der Waals surface area contributed by atoms with Crippen molar-refractivity contribution in [2.75, 3.05) is 0 Å². The van der Waals surface area contributed by atoms with Crippen LogP contribution in [-0.2, 0) is 13.0 Å². The van der Waals surface area contributed by atoms with Gasteiger partial charge in [0.25, 0.3) is 0 Å². The zero-order chi connectivity index (χ0) is 10.4. The van der Waals surface area contributed by atoms with Gasteiger partial charge in [0.1, 0.15) is 0 Å². The Morgan fingerprint density at radius 3 is 2.93 bits per heavy atom. The zero-order valence-corrected chi connectivity index (χ0v) is 9.46. The summed E-state index contributed by atoms with van der Waals surface area (Å²) < 4.78 is 2.45. The molecule has 0 radical (unpaired) electrons. The highest BCUT2D eigenvalue weighted by atomic mass is 15.0. The molecule has 1 nitrogen and oxygen atoms in total. The van der Waals surface area contributed by atoms with Crippen LogP contribution < -0.4 is 0 Å². The topological polar surface area (TPSA) is 4.93 Å². The minimum absolute atomic E-state index is 0.627. The van der Waals surface area contributed by atoms with Gasteiger partial charge in [0.2, 0.25) is 0 Å². The minimum atomic E-state index is 0.627. The molecule has 0 bridgehead atoms. The molecule has 1 aromatic heterocycles. The number of aromatic nitrogens is 1. The van der Waals surface area contributed by atoms with Gasteiger partial charge in [0.15, 0.2) is 0 Å². The standard InChI is InChI=1S/C14H17N/c1-10(2)13-9-15-8-4-6-11-5-3-7-12(13)14(11)15/h3,5,7,9-10H,4,6,8H2,1-2H3. The van der Waals surface area contributed by atoms with Crippen LogP contribution in [0.15, 0.2) is 24.4 Å². The summed E-state index contributed by atoms with van der Waals surface area (Å²) in [7, 11) is 0. The van der Waals surface area contributed by atoms with E-state index in [0.717, 1.165) is 0 Å². The van der Waals surface area contributed by atoms with E-state index in [1.165, 1.54) is 41.4 Å². The molecule has 0 saturated carbocycles. The molecule has 0 N–H and O–H groups in total. The third-order valence-electron chi connectivity index (χ3n) is 3.48. The fourth-order valence-corrected chi connectivity index (χ4v) is 2.74. The first-order valence-electron chi connectivity index (χ1n) is 5.88. The van der Waals surface area contributed by atoms with Gasteiger partial charge in [-0.2, -0.15) is 0 Å². The highest BCUT2D eigenvalue weighted by Gasteiger charge is 2.16. The van der Waals surface area contributed by atoms with Crippen LogP contribution in [0.25, 0.3) is 10.9 Å². The van der Waals surface area contributed by atoms with E-state index in [-0.39, 0.29) is 0 Å². The van der Waals surface area contributed by atoms with E-state index >= 15 is 0 Å². The van der Waals surface area contributed by atoms with Crippen LogP contribution >= 0.6 is 0 Å². The molecule has 0 atom stereocenters. The lowest BCUT2D eigenvalue weighted by Crippen LogP contribution is -2.05. The summed E-state index contributed by atoms with van der Waals surface area (Å²) in [5.41, 5.74) is 4.53. The zero-order valence-electron chi connectivity index (χ0n) is 9.46. The van der Waals surface area contributed by atoms with Gasteiger partial charge in [0, 0.05) is 18.1 Å². The molecular formula is C14H17N. The predicted molar refractivity (Wildman–Crippen MR) is 64.3 cm³/mol. The second kappa shape index (κ2) is 3.13. The van der Waals surface area contributed by atoms with Crippen molar-refractivity contribution in [3.05, 3.63) is 35.5 Å². The van der Waals surface area contributed by atoms with Gasteiger partial charge in [-0.15, -0.1) is 0 Å². The first-order chi connectivity index (χ1) is 7.27. The molecule has 1 aromatic carbocycles. The van der Waals surface area contributed by atoms with E-state index in [9.17, 15) is 0 Å². The SMILES string of the molecule is CC(C)c1cn2c3c(cccc13)CCC2. The van der Waals surface area contributed by atoms with E-state index in [1.807, 2.05) is 0 Å². The van der Waals surface area contributed by atoms with Gasteiger partial charge in [0.05, 0.1) is 5.52 Å². The summed E-state index contributed by atoms with van der Waals surface area (Å²) in [4.78, 5) is 0. The number of hydrogen-bond acceptors (Lipinski definition) is 0. The summed E-state index contributed by atoms with van der Waals surface area (Å²) in [6.07, 6.45) is 4.90.